The molecule has 0 saturated heterocycles. The fourth-order valence-electron chi connectivity index (χ4n) is 2.36. The molecular weight excluding hydrogens is 166 g/mol. The van der Waals surface area contributed by atoms with Gasteiger partial charge < -0.3 is 10.4 Å². The van der Waals surface area contributed by atoms with Crippen LogP contribution >= 0.6 is 0 Å². The number of carboxylic acid groups (broad SMARTS) is 1. The molecule has 1 aliphatic rings. The first-order valence-corrected chi connectivity index (χ1v) is 5.07. The predicted molar refractivity (Wildman–Crippen MR) is 51.6 cm³/mol. The largest absolute Gasteiger partial charge is 0.481 e. The smallest absolute Gasteiger partial charge is 0.307 e. The minimum absolute atomic E-state index is 0.153. The monoisotopic (exact) mass is 185 g/mol. The zero-order valence-corrected chi connectivity index (χ0v) is 8.42. The Morgan fingerprint density at radius 1 is 1.46 bits per heavy atom. The lowest BCUT2D eigenvalue weighted by Crippen LogP contribution is -2.41. The summed E-state index contributed by atoms with van der Waals surface area (Å²) in [5.74, 6) is -0.393. The summed E-state index contributed by atoms with van der Waals surface area (Å²) < 4.78 is 0. The molecular formula is C10H19NO2. The Balaban J connectivity index is 2.54. The maximum atomic E-state index is 10.8. The Hall–Kier alpha value is -0.570. The molecule has 0 aromatic rings. The van der Waals surface area contributed by atoms with Gasteiger partial charge in [-0.1, -0.05) is 19.8 Å². The van der Waals surface area contributed by atoms with Gasteiger partial charge in [-0.15, -0.1) is 0 Å². The van der Waals surface area contributed by atoms with Crippen molar-refractivity contribution in [2.24, 2.45) is 11.8 Å². The van der Waals surface area contributed by atoms with E-state index in [0.29, 0.717) is 5.92 Å². The first-order chi connectivity index (χ1) is 6.16. The maximum absolute atomic E-state index is 10.8. The highest BCUT2D eigenvalue weighted by molar-refractivity contribution is 5.70. The molecule has 0 spiro atoms. The van der Waals surface area contributed by atoms with Crippen LogP contribution in [-0.4, -0.2) is 24.2 Å². The molecule has 0 aliphatic heterocycles. The van der Waals surface area contributed by atoms with Gasteiger partial charge in [0.15, 0.2) is 0 Å². The van der Waals surface area contributed by atoms with Crippen molar-refractivity contribution in [1.82, 2.24) is 5.32 Å². The average Bonchev–Trinajstić information content (AvgIpc) is 2.58. The first kappa shape index (κ1) is 10.5. The molecule has 1 fully saturated rings. The normalized spacial score (nSPS) is 22.9. The van der Waals surface area contributed by atoms with Crippen LogP contribution in [-0.2, 0) is 4.79 Å². The van der Waals surface area contributed by atoms with Gasteiger partial charge in [-0.25, -0.2) is 0 Å². The van der Waals surface area contributed by atoms with E-state index in [9.17, 15) is 4.79 Å². The van der Waals surface area contributed by atoms with E-state index in [1.807, 2.05) is 7.05 Å². The van der Waals surface area contributed by atoms with Gasteiger partial charge in [-0.05, 0) is 25.8 Å². The zero-order valence-electron chi connectivity index (χ0n) is 8.42. The fraction of sp³-hybridized carbons (Fsp3) is 0.900. The minimum Gasteiger partial charge on any atom is -0.481 e. The molecule has 3 heteroatoms. The van der Waals surface area contributed by atoms with E-state index in [0.717, 1.165) is 0 Å². The van der Waals surface area contributed by atoms with Gasteiger partial charge in [0, 0.05) is 6.04 Å². The van der Waals surface area contributed by atoms with Crippen molar-refractivity contribution in [1.29, 1.82) is 0 Å². The summed E-state index contributed by atoms with van der Waals surface area (Å²) in [5, 5.41) is 12.0. The lowest BCUT2D eigenvalue weighted by atomic mass is 9.88. The lowest BCUT2D eigenvalue weighted by Gasteiger charge is -2.26. The third kappa shape index (κ3) is 2.44. The fourth-order valence-corrected chi connectivity index (χ4v) is 2.36. The highest BCUT2D eigenvalue weighted by Crippen LogP contribution is 2.30. The van der Waals surface area contributed by atoms with Crippen molar-refractivity contribution in [3.05, 3.63) is 0 Å². The van der Waals surface area contributed by atoms with E-state index < -0.39 is 5.97 Å². The quantitative estimate of drug-likeness (QED) is 0.697. The standard InChI is InChI=1S/C10H19NO2/c1-7(10(12)13)9(11-2)8-5-3-4-6-8/h7-9,11H,3-6H2,1-2H3,(H,12,13). The van der Waals surface area contributed by atoms with Crippen molar-refractivity contribution >= 4 is 5.97 Å². The third-order valence-electron chi connectivity index (χ3n) is 3.17. The van der Waals surface area contributed by atoms with E-state index in [2.05, 4.69) is 5.32 Å². The van der Waals surface area contributed by atoms with Crippen LogP contribution in [0.4, 0.5) is 0 Å². The highest BCUT2D eigenvalue weighted by Gasteiger charge is 2.31. The topological polar surface area (TPSA) is 49.3 Å². The van der Waals surface area contributed by atoms with Crippen LogP contribution < -0.4 is 5.32 Å². The number of hydrogen-bond acceptors (Lipinski definition) is 2. The highest BCUT2D eigenvalue weighted by atomic mass is 16.4. The molecule has 3 nitrogen and oxygen atoms in total. The molecule has 0 amide bonds. The Bertz CT molecular complexity index is 176. The summed E-state index contributed by atoms with van der Waals surface area (Å²) in [6.07, 6.45) is 4.89. The summed E-state index contributed by atoms with van der Waals surface area (Å²) in [7, 11) is 1.86. The van der Waals surface area contributed by atoms with E-state index >= 15 is 0 Å². The summed E-state index contributed by atoms with van der Waals surface area (Å²) in [6, 6.07) is 0.153. The van der Waals surface area contributed by atoms with Crippen LogP contribution in [0.5, 0.6) is 0 Å². The van der Waals surface area contributed by atoms with Crippen LogP contribution in [0, 0.1) is 11.8 Å². The molecule has 0 radical (unpaired) electrons. The average molecular weight is 185 g/mol. The molecule has 0 aromatic carbocycles. The van der Waals surface area contributed by atoms with Gasteiger partial charge >= 0.3 is 5.97 Å². The van der Waals surface area contributed by atoms with Crippen LogP contribution in [0.25, 0.3) is 0 Å². The number of nitrogens with one attached hydrogen (secondary N) is 1. The molecule has 13 heavy (non-hydrogen) atoms. The molecule has 1 rings (SSSR count). The Morgan fingerprint density at radius 3 is 2.38 bits per heavy atom. The third-order valence-corrected chi connectivity index (χ3v) is 3.17. The second-order valence-corrected chi connectivity index (χ2v) is 3.99. The SMILES string of the molecule is CNC(C1CCCC1)C(C)C(=O)O. The number of rotatable bonds is 4. The van der Waals surface area contributed by atoms with E-state index in [4.69, 9.17) is 5.11 Å². The van der Waals surface area contributed by atoms with Gasteiger partial charge in [-0.3, -0.25) is 4.79 Å². The van der Waals surface area contributed by atoms with Crippen LogP contribution in [0.2, 0.25) is 0 Å². The second kappa shape index (κ2) is 4.61. The number of carboxylic acids is 1. The molecule has 76 valence electrons. The van der Waals surface area contributed by atoms with Crippen molar-refractivity contribution in [2.45, 2.75) is 38.6 Å². The lowest BCUT2D eigenvalue weighted by molar-refractivity contribution is -0.142. The van der Waals surface area contributed by atoms with E-state index in [1.54, 1.807) is 6.92 Å². The van der Waals surface area contributed by atoms with Gasteiger partial charge in [0.25, 0.3) is 0 Å². The summed E-state index contributed by atoms with van der Waals surface area (Å²) in [4.78, 5) is 10.8. The van der Waals surface area contributed by atoms with Gasteiger partial charge in [-0.2, -0.15) is 0 Å². The molecule has 0 bridgehead atoms. The number of aliphatic carboxylic acids is 1. The van der Waals surface area contributed by atoms with Gasteiger partial charge in [0.1, 0.15) is 0 Å². The predicted octanol–water partition coefficient (Wildman–Crippen LogP) is 1.49. The molecule has 1 saturated carbocycles. The van der Waals surface area contributed by atoms with Crippen LogP contribution in [0.3, 0.4) is 0 Å². The van der Waals surface area contributed by atoms with Crippen LogP contribution in [0.1, 0.15) is 32.6 Å². The number of hydrogen-bond donors (Lipinski definition) is 2. The van der Waals surface area contributed by atoms with Crippen LogP contribution in [0.15, 0.2) is 0 Å². The minimum atomic E-state index is -0.689. The molecule has 0 aromatic heterocycles. The molecule has 1 aliphatic carbocycles. The van der Waals surface area contributed by atoms with E-state index in [1.165, 1.54) is 25.7 Å². The molecule has 2 atom stereocenters. The van der Waals surface area contributed by atoms with Crippen molar-refractivity contribution in [2.75, 3.05) is 7.05 Å². The van der Waals surface area contributed by atoms with Crippen molar-refractivity contribution in [3.63, 3.8) is 0 Å². The Labute approximate surface area is 79.5 Å². The van der Waals surface area contributed by atoms with Crippen molar-refractivity contribution in [3.8, 4) is 0 Å². The molecule has 2 unspecified atom stereocenters. The zero-order chi connectivity index (χ0) is 9.84. The van der Waals surface area contributed by atoms with Gasteiger partial charge in [0.05, 0.1) is 5.92 Å². The molecule has 2 N–H and O–H groups in total. The summed E-state index contributed by atoms with van der Waals surface area (Å²) in [5.41, 5.74) is 0. The maximum Gasteiger partial charge on any atom is 0.307 e. The summed E-state index contributed by atoms with van der Waals surface area (Å²) in [6.45, 7) is 1.79. The van der Waals surface area contributed by atoms with E-state index in [-0.39, 0.29) is 12.0 Å². The van der Waals surface area contributed by atoms with Crippen molar-refractivity contribution < 1.29 is 9.90 Å². The number of carbonyl (C=O) groups is 1. The second-order valence-electron chi connectivity index (χ2n) is 3.99. The molecule has 0 heterocycles. The first-order valence-electron chi connectivity index (χ1n) is 5.07. The Morgan fingerprint density at radius 2 is 2.00 bits per heavy atom. The summed E-state index contributed by atoms with van der Waals surface area (Å²) >= 11 is 0. The van der Waals surface area contributed by atoms with Gasteiger partial charge in [0.2, 0.25) is 0 Å². The Kier molecular flexibility index (Phi) is 3.72.